The molecule has 0 bridgehead atoms. The van der Waals surface area contributed by atoms with Gasteiger partial charge in [-0.05, 0) is 42.3 Å². The van der Waals surface area contributed by atoms with Gasteiger partial charge in [0.1, 0.15) is 0 Å². The zero-order valence-corrected chi connectivity index (χ0v) is 16.8. The van der Waals surface area contributed by atoms with Crippen LogP contribution in [0.4, 0.5) is 5.69 Å². The van der Waals surface area contributed by atoms with Crippen LogP contribution < -0.4 is 11.1 Å². The molecule has 2 heterocycles. The monoisotopic (exact) mass is 424 g/mol. The number of benzene rings is 2. The van der Waals surface area contributed by atoms with Gasteiger partial charge in [0.25, 0.3) is 5.91 Å². The molecule has 1 aromatic heterocycles. The molecule has 154 valence electrons. The van der Waals surface area contributed by atoms with E-state index in [-0.39, 0.29) is 23.2 Å². The van der Waals surface area contributed by atoms with Crippen molar-refractivity contribution in [2.75, 3.05) is 16.8 Å². The molecule has 9 heteroatoms. The number of primary amides is 1. The normalized spacial score (nSPS) is 17.5. The lowest BCUT2D eigenvalue weighted by Gasteiger charge is -2.13. The number of hydrogen-bond donors (Lipinski definition) is 2. The van der Waals surface area contributed by atoms with E-state index >= 15 is 0 Å². The quantitative estimate of drug-likeness (QED) is 0.650. The van der Waals surface area contributed by atoms with Crippen molar-refractivity contribution in [1.29, 1.82) is 0 Å². The Kier molecular flexibility index (Phi) is 5.13. The highest BCUT2D eigenvalue weighted by molar-refractivity contribution is 7.91. The van der Waals surface area contributed by atoms with Gasteiger partial charge in [0, 0.05) is 11.3 Å². The summed E-state index contributed by atoms with van der Waals surface area (Å²) in [6.07, 6.45) is 0.458. The highest BCUT2D eigenvalue weighted by atomic mass is 32.2. The zero-order valence-electron chi connectivity index (χ0n) is 16.0. The fourth-order valence-corrected chi connectivity index (χ4v) is 5.18. The van der Waals surface area contributed by atoms with Gasteiger partial charge >= 0.3 is 0 Å². The van der Waals surface area contributed by atoms with Crippen LogP contribution in [-0.2, 0) is 9.84 Å². The van der Waals surface area contributed by atoms with E-state index in [9.17, 15) is 18.0 Å². The Morgan fingerprint density at radius 1 is 1.07 bits per heavy atom. The number of amides is 2. The number of nitrogens with one attached hydrogen (secondary N) is 1. The molecule has 1 atom stereocenters. The third-order valence-corrected chi connectivity index (χ3v) is 6.77. The topological polar surface area (TPSA) is 124 Å². The van der Waals surface area contributed by atoms with Crippen molar-refractivity contribution >= 4 is 27.3 Å². The molecule has 0 aliphatic carbocycles. The van der Waals surface area contributed by atoms with Crippen molar-refractivity contribution in [1.82, 2.24) is 9.78 Å². The number of hydrogen-bond acceptors (Lipinski definition) is 5. The maximum Gasteiger partial charge on any atom is 0.276 e. The Morgan fingerprint density at radius 3 is 2.37 bits per heavy atom. The minimum atomic E-state index is -3.11. The lowest BCUT2D eigenvalue weighted by atomic mass is 10.1. The van der Waals surface area contributed by atoms with Gasteiger partial charge in [-0.2, -0.15) is 5.10 Å². The van der Waals surface area contributed by atoms with Gasteiger partial charge < -0.3 is 11.1 Å². The highest BCUT2D eigenvalue weighted by Gasteiger charge is 2.32. The number of aromatic nitrogens is 2. The number of nitrogens with zero attached hydrogens (tertiary/aromatic N) is 2. The summed E-state index contributed by atoms with van der Waals surface area (Å²) in [5, 5.41) is 7.18. The predicted octanol–water partition coefficient (Wildman–Crippen LogP) is 2.26. The molecular weight excluding hydrogens is 404 g/mol. The molecule has 4 rings (SSSR count). The molecule has 1 aliphatic rings. The van der Waals surface area contributed by atoms with Crippen molar-refractivity contribution in [3.05, 3.63) is 71.9 Å². The van der Waals surface area contributed by atoms with Gasteiger partial charge in [-0.3, -0.25) is 14.3 Å². The van der Waals surface area contributed by atoms with Crippen molar-refractivity contribution in [2.45, 2.75) is 12.5 Å². The first-order chi connectivity index (χ1) is 14.3. The molecule has 8 nitrogen and oxygen atoms in total. The fourth-order valence-electron chi connectivity index (χ4n) is 3.49. The second-order valence-corrected chi connectivity index (χ2v) is 9.41. The first-order valence-corrected chi connectivity index (χ1v) is 11.2. The molecule has 1 aliphatic heterocycles. The van der Waals surface area contributed by atoms with Crippen molar-refractivity contribution < 1.29 is 18.0 Å². The van der Waals surface area contributed by atoms with Gasteiger partial charge in [0.2, 0.25) is 5.91 Å². The summed E-state index contributed by atoms with van der Waals surface area (Å²) in [6, 6.07) is 17.0. The van der Waals surface area contributed by atoms with E-state index in [0.29, 0.717) is 23.4 Å². The summed E-state index contributed by atoms with van der Waals surface area (Å²) >= 11 is 0. The molecule has 2 amide bonds. The number of carbonyl (C=O) groups excluding carboxylic acids is 2. The summed E-state index contributed by atoms with van der Waals surface area (Å²) in [7, 11) is -3.11. The smallest absolute Gasteiger partial charge is 0.276 e. The number of sulfone groups is 1. The van der Waals surface area contributed by atoms with Crippen LogP contribution in [0.3, 0.4) is 0 Å². The lowest BCUT2D eigenvalue weighted by molar-refractivity contribution is 0.0997. The van der Waals surface area contributed by atoms with Crippen LogP contribution in [0.1, 0.15) is 33.3 Å². The van der Waals surface area contributed by atoms with Crippen LogP contribution in [-0.4, -0.2) is 41.5 Å². The third-order valence-electron chi connectivity index (χ3n) is 5.02. The van der Waals surface area contributed by atoms with Gasteiger partial charge in [-0.25, -0.2) is 8.42 Å². The Labute approximate surface area is 173 Å². The fraction of sp³-hybridized carbons (Fsp3) is 0.190. The number of nitrogens with two attached hydrogens (primary N) is 1. The molecule has 0 spiro atoms. The summed E-state index contributed by atoms with van der Waals surface area (Å²) in [6.45, 7) is 0. The first kappa shape index (κ1) is 19.8. The predicted molar refractivity (Wildman–Crippen MR) is 113 cm³/mol. The van der Waals surface area contributed by atoms with Crippen molar-refractivity contribution in [2.24, 2.45) is 5.73 Å². The molecular formula is C21H20N4O4S. The van der Waals surface area contributed by atoms with Crippen LogP contribution in [0.5, 0.6) is 0 Å². The summed E-state index contributed by atoms with van der Waals surface area (Å²) < 4.78 is 25.6. The van der Waals surface area contributed by atoms with E-state index in [4.69, 9.17) is 5.73 Å². The van der Waals surface area contributed by atoms with E-state index < -0.39 is 21.7 Å². The maximum atomic E-state index is 12.8. The Bertz CT molecular complexity index is 1200. The van der Waals surface area contributed by atoms with Crippen LogP contribution in [0.25, 0.3) is 11.3 Å². The molecule has 0 unspecified atom stereocenters. The maximum absolute atomic E-state index is 12.8. The average molecular weight is 424 g/mol. The lowest BCUT2D eigenvalue weighted by Crippen LogP contribution is -2.17. The molecule has 0 saturated carbocycles. The molecule has 3 aromatic rings. The second-order valence-electron chi connectivity index (χ2n) is 7.18. The highest BCUT2D eigenvalue weighted by Crippen LogP contribution is 2.30. The molecule has 3 N–H and O–H groups in total. The number of anilines is 1. The average Bonchev–Trinajstić information content (AvgIpc) is 3.32. The standard InChI is InChI=1S/C21H20N4O4S/c22-20(26)15-6-8-16(9-7-15)23-21(27)18-12-19(14-4-2-1-3-5-14)25(24-18)17-10-11-30(28,29)13-17/h1-9,12,17H,10-11,13H2,(H2,22,26)(H,23,27)/t17-/m0/s1. The Hall–Kier alpha value is -3.46. The van der Waals surface area contributed by atoms with E-state index in [2.05, 4.69) is 10.4 Å². The van der Waals surface area contributed by atoms with Crippen LogP contribution in [0.2, 0.25) is 0 Å². The molecule has 1 saturated heterocycles. The molecule has 1 fully saturated rings. The minimum Gasteiger partial charge on any atom is -0.366 e. The van der Waals surface area contributed by atoms with E-state index in [1.165, 1.54) is 12.1 Å². The second kappa shape index (κ2) is 7.75. The van der Waals surface area contributed by atoms with Gasteiger partial charge in [0.15, 0.2) is 15.5 Å². The van der Waals surface area contributed by atoms with Crippen LogP contribution in [0.15, 0.2) is 60.7 Å². The number of rotatable bonds is 5. The summed E-state index contributed by atoms with van der Waals surface area (Å²) in [5.74, 6) is -0.867. The van der Waals surface area contributed by atoms with E-state index in [1.54, 1.807) is 22.9 Å². The van der Waals surface area contributed by atoms with Gasteiger partial charge in [0.05, 0.1) is 23.2 Å². The molecule has 0 radical (unpaired) electrons. The van der Waals surface area contributed by atoms with Crippen LogP contribution in [0, 0.1) is 0 Å². The Morgan fingerprint density at radius 2 is 1.77 bits per heavy atom. The van der Waals surface area contributed by atoms with Crippen molar-refractivity contribution in [3.63, 3.8) is 0 Å². The zero-order chi connectivity index (χ0) is 21.3. The molecule has 30 heavy (non-hydrogen) atoms. The third kappa shape index (κ3) is 4.11. The molecule has 2 aromatic carbocycles. The van der Waals surface area contributed by atoms with Crippen LogP contribution >= 0.6 is 0 Å². The summed E-state index contributed by atoms with van der Waals surface area (Å²) in [4.78, 5) is 24.0. The van der Waals surface area contributed by atoms with E-state index in [1.807, 2.05) is 30.3 Å². The first-order valence-electron chi connectivity index (χ1n) is 9.39. The van der Waals surface area contributed by atoms with E-state index in [0.717, 1.165) is 5.56 Å². The Balaban J connectivity index is 1.65. The minimum absolute atomic E-state index is 0.00412. The number of carbonyl (C=O) groups is 2. The largest absolute Gasteiger partial charge is 0.366 e. The van der Waals surface area contributed by atoms with Crippen molar-refractivity contribution in [3.8, 4) is 11.3 Å². The van der Waals surface area contributed by atoms with Gasteiger partial charge in [-0.15, -0.1) is 0 Å². The van der Waals surface area contributed by atoms with Gasteiger partial charge in [-0.1, -0.05) is 30.3 Å². The summed E-state index contributed by atoms with van der Waals surface area (Å²) in [5.41, 5.74) is 7.77. The SMILES string of the molecule is NC(=O)c1ccc(NC(=O)c2cc(-c3ccccc3)n([C@H]3CCS(=O)(=O)C3)n2)cc1.